The third-order valence-electron chi connectivity index (χ3n) is 19.2. The third-order valence-corrected chi connectivity index (χ3v) is 21.7. The Morgan fingerprint density at radius 3 is 1.26 bits per heavy atom. The maximum Gasteiger partial charge on any atom is 0.106 e. The van der Waals surface area contributed by atoms with Gasteiger partial charge in [0.1, 0.15) is 12.2 Å². The van der Waals surface area contributed by atoms with Crippen molar-refractivity contribution < 1.29 is 0 Å². The molecule has 5 aliphatic carbocycles. The molecule has 1 unspecified atom stereocenters. The molecule has 16 rings (SSSR count). The Hall–Kier alpha value is -6.97. The number of hydrogen-bond donors (Lipinski definition) is 0. The molecule has 5 aliphatic rings. The summed E-state index contributed by atoms with van der Waals surface area (Å²) in [4.78, 5) is 0. The van der Waals surface area contributed by atoms with Crippen LogP contribution in [-0.4, -0.2) is 0 Å². The Balaban J connectivity index is 0.000000122. The van der Waals surface area contributed by atoms with Crippen molar-refractivity contribution in [3.8, 4) is 22.3 Å². The average molecular weight is 1240 g/mol. The van der Waals surface area contributed by atoms with E-state index in [0.717, 1.165) is 6.42 Å². The molecule has 0 nitrogen and oxygen atoms in total. The van der Waals surface area contributed by atoms with Gasteiger partial charge in [-0.05, 0) is 200 Å². The molecule has 0 saturated carbocycles. The maximum absolute atomic E-state index is 3.99. The van der Waals surface area contributed by atoms with Crippen LogP contribution >= 0.6 is 47.8 Å². The fraction of sp³-hybridized carbons (Fsp3) is 0.179. The van der Waals surface area contributed by atoms with Crippen molar-refractivity contribution in [1.82, 2.24) is 0 Å². The van der Waals surface area contributed by atoms with Crippen molar-refractivity contribution in [1.29, 1.82) is 0 Å². The number of fused-ring (bicyclic) bond motifs is 13. The molecule has 0 spiro atoms. The lowest BCUT2D eigenvalue weighted by Gasteiger charge is -2.41. The molecular weight excluding hydrogens is 1180 g/mol. The number of allylic oxidation sites excluding steroid dienone is 6. The first-order valence-corrected chi connectivity index (χ1v) is 30.9. The van der Waals surface area contributed by atoms with Crippen LogP contribution in [0.1, 0.15) is 123 Å². The van der Waals surface area contributed by atoms with Gasteiger partial charge in [0.05, 0.1) is 17.2 Å². The summed E-state index contributed by atoms with van der Waals surface area (Å²) in [6.45, 7) is 19.1. The summed E-state index contributed by atoms with van der Waals surface area (Å²) >= 11 is 11.4. The first-order valence-electron chi connectivity index (χ1n) is 28.5. The van der Waals surface area contributed by atoms with Crippen LogP contribution in [0.4, 0.5) is 0 Å². The zero-order valence-electron chi connectivity index (χ0n) is 47.1. The van der Waals surface area contributed by atoms with Crippen molar-refractivity contribution in [2.24, 2.45) is 0 Å². The fourth-order valence-electron chi connectivity index (χ4n) is 15.0. The summed E-state index contributed by atoms with van der Waals surface area (Å²) in [6.07, 6.45) is 10.8. The first-order chi connectivity index (χ1) is 39.0. The Morgan fingerprint density at radius 2 is 0.753 bits per heavy atom. The molecule has 0 aromatic heterocycles. The second kappa shape index (κ2) is 19.1. The maximum atomic E-state index is 3.99. The van der Waals surface area contributed by atoms with Crippen LogP contribution in [0.25, 0.3) is 65.3 Å². The van der Waals surface area contributed by atoms with E-state index in [9.17, 15) is 0 Å². The molecule has 11 aromatic carbocycles. The van der Waals surface area contributed by atoms with Crippen molar-refractivity contribution >= 4 is 90.9 Å². The Morgan fingerprint density at radius 1 is 0.358 bits per heavy atom. The van der Waals surface area contributed by atoms with E-state index in [4.69, 9.17) is 0 Å². The summed E-state index contributed by atoms with van der Waals surface area (Å²) in [7, 11) is 0. The van der Waals surface area contributed by atoms with Crippen molar-refractivity contribution in [3.05, 3.63) is 304 Å². The predicted octanol–water partition coefficient (Wildman–Crippen LogP) is 22.5. The normalized spacial score (nSPS) is 17.3. The van der Waals surface area contributed by atoms with Gasteiger partial charge >= 0.3 is 0 Å². The Labute approximate surface area is 502 Å². The van der Waals surface area contributed by atoms with Crippen LogP contribution in [-0.2, 0) is 28.1 Å². The summed E-state index contributed by atoms with van der Waals surface area (Å²) in [5, 5.41) is 10.2. The minimum absolute atomic E-state index is 0.0364. The largest absolute Gasteiger partial charge is 0.106 e. The highest BCUT2D eigenvalue weighted by Crippen LogP contribution is 2.58. The van der Waals surface area contributed by atoms with Crippen molar-refractivity contribution in [2.45, 2.75) is 89.4 Å². The van der Waals surface area contributed by atoms with E-state index in [1.165, 1.54) is 151 Å². The molecular formula is C78H62Br3+. The molecule has 0 radical (unpaired) electrons. The van der Waals surface area contributed by atoms with Crippen LogP contribution in [0.3, 0.4) is 0 Å². The van der Waals surface area contributed by atoms with Gasteiger partial charge in [-0.3, -0.25) is 0 Å². The van der Waals surface area contributed by atoms with Gasteiger partial charge in [0.2, 0.25) is 0 Å². The predicted molar refractivity (Wildman–Crippen MR) is 354 cm³/mol. The third kappa shape index (κ3) is 7.82. The summed E-state index contributed by atoms with van der Waals surface area (Å²) in [5.41, 5.74) is 24.4. The quantitative estimate of drug-likeness (QED) is 0.114. The fourth-order valence-corrected chi connectivity index (χ4v) is 17.1. The first kappa shape index (κ1) is 52.1. The Bertz CT molecular complexity index is 4420. The summed E-state index contributed by atoms with van der Waals surface area (Å²) in [5.74, 6) is 0.131. The van der Waals surface area contributed by atoms with Gasteiger partial charge in [-0.25, -0.2) is 0 Å². The van der Waals surface area contributed by atoms with E-state index in [-0.39, 0.29) is 27.6 Å². The lowest BCUT2D eigenvalue weighted by atomic mass is 9.62. The van der Waals surface area contributed by atoms with Crippen LogP contribution in [0.5, 0.6) is 0 Å². The van der Waals surface area contributed by atoms with Gasteiger partial charge in [0, 0.05) is 53.5 Å². The molecule has 11 aromatic rings. The van der Waals surface area contributed by atoms with E-state index in [1.807, 2.05) is 0 Å². The molecule has 0 saturated heterocycles. The molecule has 0 aliphatic heterocycles. The van der Waals surface area contributed by atoms with Crippen LogP contribution in [0, 0.1) is 6.08 Å². The number of benzene rings is 11. The standard InChI is InChI=1S/C39H31Br.C25H23.C14H8Br2/c1-38(2)31-19-11-9-13-23(31)29-21-34-30(22-33(29)38)36(28-18-10-12-20-32(28)39(34,3)4)35-24-14-5-7-16-26(24)37(40)27-17-8-6-15-25(27)35;1-24(2)20-11-7-5-9-16(20)13-17-14-23-19(15-22(17)24)18-10-6-8-12-21(18)25(23,3)4;15-13-9-5-1-2-6-10(9)14(16)12-8-4-3-7-11(12)13/h5-22,36H,1-4H3;6-12,14-15H,13H2,1-4H3;1-8H/q;+1;. The Kier molecular flexibility index (Phi) is 12.3. The molecule has 0 amide bonds. The lowest BCUT2D eigenvalue weighted by Crippen LogP contribution is -2.30. The van der Waals surface area contributed by atoms with Gasteiger partial charge in [0.15, 0.2) is 0 Å². The molecule has 0 heterocycles. The van der Waals surface area contributed by atoms with E-state index in [2.05, 4.69) is 322 Å². The SMILES string of the molecule is Brc1c2ccccc2c(Br)c2ccccc12.CC1(C)C2=C(C=[C+]C=C2)Cc2cc3c(cc21)-c1ccccc1C3(C)C.CC1(C)c2ccccc2-c2cc3c(cc21)C(c1c2ccccc2c(Br)c2ccccc12)c1ccccc1C3(C)C. The second-order valence-corrected chi connectivity index (χ2v) is 27.3. The highest BCUT2D eigenvalue weighted by Gasteiger charge is 2.45. The van der Waals surface area contributed by atoms with E-state index in [0.29, 0.717) is 0 Å². The molecule has 3 heteroatoms. The van der Waals surface area contributed by atoms with Gasteiger partial charge < -0.3 is 0 Å². The highest BCUT2D eigenvalue weighted by molar-refractivity contribution is 9.11. The second-order valence-electron chi connectivity index (χ2n) is 24.9. The van der Waals surface area contributed by atoms with Crippen LogP contribution in [0.2, 0.25) is 0 Å². The summed E-state index contributed by atoms with van der Waals surface area (Å²) < 4.78 is 3.52. The molecule has 0 fully saturated rings. The van der Waals surface area contributed by atoms with Gasteiger partial charge in [0.25, 0.3) is 0 Å². The molecule has 0 bridgehead atoms. The number of hydrogen-bond acceptors (Lipinski definition) is 0. The summed E-state index contributed by atoms with van der Waals surface area (Å²) in [6, 6.07) is 71.9. The molecule has 394 valence electrons. The smallest absolute Gasteiger partial charge is 0.0619 e. The minimum Gasteiger partial charge on any atom is -0.0619 e. The lowest BCUT2D eigenvalue weighted by molar-refractivity contribution is 0.595. The van der Waals surface area contributed by atoms with E-state index in [1.54, 1.807) is 0 Å². The molecule has 0 N–H and O–H groups in total. The monoisotopic (exact) mass is 1240 g/mol. The van der Waals surface area contributed by atoms with Gasteiger partial charge in [-0.2, -0.15) is 0 Å². The number of rotatable bonds is 1. The topological polar surface area (TPSA) is 0 Å². The highest BCUT2D eigenvalue weighted by atomic mass is 79.9. The molecule has 81 heavy (non-hydrogen) atoms. The average Bonchev–Trinajstić information content (AvgIpc) is 4.14. The number of halogens is 3. The van der Waals surface area contributed by atoms with E-state index < -0.39 is 0 Å². The van der Waals surface area contributed by atoms with Gasteiger partial charge in [-0.1, -0.05) is 224 Å². The zero-order valence-corrected chi connectivity index (χ0v) is 51.9. The molecule has 1 atom stereocenters. The zero-order chi connectivity index (χ0) is 55.9. The van der Waals surface area contributed by atoms with E-state index >= 15 is 0 Å². The van der Waals surface area contributed by atoms with Gasteiger partial charge in [-0.15, -0.1) is 0 Å². The van der Waals surface area contributed by atoms with Crippen LogP contribution in [0.15, 0.2) is 237 Å². The van der Waals surface area contributed by atoms with Crippen molar-refractivity contribution in [2.75, 3.05) is 0 Å². The van der Waals surface area contributed by atoms with Crippen LogP contribution < -0.4 is 0 Å². The van der Waals surface area contributed by atoms with Crippen molar-refractivity contribution in [3.63, 3.8) is 0 Å². The minimum atomic E-state index is -0.111.